The number of rotatable bonds is 4. The molecule has 0 rings (SSSR count). The van der Waals surface area contributed by atoms with Crippen molar-refractivity contribution < 1.29 is 8.85 Å². The molecule has 3 N–H and O–H groups in total. The Balaban J connectivity index is 3.07. The van der Waals surface area contributed by atoms with Crippen LogP contribution in [0.15, 0.2) is 0 Å². The second-order valence-electron chi connectivity index (χ2n) is 1.31. The highest BCUT2D eigenvalue weighted by atomic mass is 28.3. The molecule has 0 fully saturated rings. The van der Waals surface area contributed by atoms with Gasteiger partial charge in [0.15, 0.2) is 0 Å². The standard InChI is InChI=1S/C3H12N2O2Si/c1-6-8(7-2)3-5-4/h5,8H,3-4H2,1-2H3. The fourth-order valence-corrected chi connectivity index (χ4v) is 1.08. The summed E-state index contributed by atoms with van der Waals surface area (Å²) in [7, 11) is 1.82. The largest absolute Gasteiger partial charge is 0.399 e. The molecule has 50 valence electrons. The minimum atomic E-state index is -1.43. The topological polar surface area (TPSA) is 56.5 Å². The van der Waals surface area contributed by atoms with Gasteiger partial charge in [-0.15, -0.1) is 0 Å². The first kappa shape index (κ1) is 8.06. The molecule has 0 aromatic heterocycles. The van der Waals surface area contributed by atoms with Crippen molar-refractivity contribution >= 4 is 9.28 Å². The zero-order chi connectivity index (χ0) is 6.41. The van der Waals surface area contributed by atoms with Gasteiger partial charge in [-0.2, -0.15) is 0 Å². The van der Waals surface area contributed by atoms with Gasteiger partial charge in [0.1, 0.15) is 0 Å². The van der Waals surface area contributed by atoms with Crippen molar-refractivity contribution in [1.29, 1.82) is 0 Å². The van der Waals surface area contributed by atoms with Crippen LogP contribution in [0.2, 0.25) is 0 Å². The lowest BCUT2D eigenvalue weighted by Crippen LogP contribution is -2.37. The van der Waals surface area contributed by atoms with Crippen LogP contribution in [0.4, 0.5) is 0 Å². The van der Waals surface area contributed by atoms with Crippen LogP contribution in [-0.2, 0) is 8.85 Å². The predicted octanol–water partition coefficient (Wildman–Crippen LogP) is -1.50. The number of nitrogens with one attached hydrogen (secondary N) is 1. The summed E-state index contributed by atoms with van der Waals surface area (Å²) in [4.78, 5) is 0. The Morgan fingerprint density at radius 3 is 2.12 bits per heavy atom. The normalized spacial score (nSPS) is 10.5. The summed E-state index contributed by atoms with van der Waals surface area (Å²) in [6.45, 7) is 0. The molecule has 0 aliphatic carbocycles. The van der Waals surface area contributed by atoms with Crippen molar-refractivity contribution in [1.82, 2.24) is 5.43 Å². The second-order valence-corrected chi connectivity index (χ2v) is 3.52. The molecular weight excluding hydrogens is 124 g/mol. The highest BCUT2D eigenvalue weighted by molar-refractivity contribution is 6.44. The molecule has 0 saturated carbocycles. The molecular formula is C3H12N2O2Si. The highest BCUT2D eigenvalue weighted by Crippen LogP contribution is 1.78. The van der Waals surface area contributed by atoms with Gasteiger partial charge >= 0.3 is 9.28 Å². The molecule has 0 aromatic rings. The van der Waals surface area contributed by atoms with Crippen LogP contribution in [0.3, 0.4) is 0 Å². The average molecular weight is 136 g/mol. The number of hydrogen-bond donors (Lipinski definition) is 2. The van der Waals surface area contributed by atoms with Gasteiger partial charge in [0, 0.05) is 14.2 Å². The van der Waals surface area contributed by atoms with Gasteiger partial charge in [-0.25, -0.2) is 0 Å². The van der Waals surface area contributed by atoms with E-state index in [-0.39, 0.29) is 0 Å². The van der Waals surface area contributed by atoms with Gasteiger partial charge in [-0.05, 0) is 0 Å². The monoisotopic (exact) mass is 136 g/mol. The Morgan fingerprint density at radius 2 is 2.00 bits per heavy atom. The summed E-state index contributed by atoms with van der Waals surface area (Å²) in [5, 5.41) is 0. The van der Waals surface area contributed by atoms with Gasteiger partial charge in [-0.1, -0.05) is 0 Å². The van der Waals surface area contributed by atoms with Crippen molar-refractivity contribution in [2.24, 2.45) is 5.84 Å². The molecule has 0 radical (unpaired) electrons. The molecule has 0 aliphatic heterocycles. The summed E-state index contributed by atoms with van der Waals surface area (Å²) >= 11 is 0. The molecule has 0 aromatic carbocycles. The molecule has 0 saturated heterocycles. The van der Waals surface area contributed by atoms with E-state index in [0.717, 1.165) is 0 Å². The highest BCUT2D eigenvalue weighted by Gasteiger charge is 2.05. The summed E-state index contributed by atoms with van der Waals surface area (Å²) in [5.41, 5.74) is 2.48. The van der Waals surface area contributed by atoms with Crippen LogP contribution in [0, 0.1) is 0 Å². The Labute approximate surface area is 50.8 Å². The minimum absolute atomic E-state index is 0.646. The first-order chi connectivity index (χ1) is 3.85. The average Bonchev–Trinajstić information content (AvgIpc) is 1.83. The van der Waals surface area contributed by atoms with E-state index in [9.17, 15) is 0 Å². The molecule has 0 atom stereocenters. The molecule has 0 bridgehead atoms. The quantitative estimate of drug-likeness (QED) is 0.281. The summed E-state index contributed by atoms with van der Waals surface area (Å²) in [6.07, 6.45) is 0.646. The van der Waals surface area contributed by atoms with Gasteiger partial charge < -0.3 is 8.85 Å². The van der Waals surface area contributed by atoms with Gasteiger partial charge in [0.25, 0.3) is 0 Å². The van der Waals surface area contributed by atoms with Crippen LogP contribution >= 0.6 is 0 Å². The number of hydrogen-bond acceptors (Lipinski definition) is 4. The third-order valence-electron chi connectivity index (χ3n) is 0.810. The van der Waals surface area contributed by atoms with Crippen LogP contribution in [-0.4, -0.2) is 29.7 Å². The SMILES string of the molecule is CO[SiH](CNN)OC. The van der Waals surface area contributed by atoms with E-state index >= 15 is 0 Å². The van der Waals surface area contributed by atoms with E-state index in [2.05, 4.69) is 5.43 Å². The predicted molar refractivity (Wildman–Crippen MR) is 33.4 cm³/mol. The van der Waals surface area contributed by atoms with Crippen LogP contribution in [0.25, 0.3) is 0 Å². The summed E-state index contributed by atoms with van der Waals surface area (Å²) in [6, 6.07) is 0. The number of hydrazine groups is 1. The molecule has 0 unspecified atom stereocenters. The molecule has 8 heavy (non-hydrogen) atoms. The molecule has 5 heteroatoms. The van der Waals surface area contributed by atoms with Crippen LogP contribution in [0.1, 0.15) is 0 Å². The van der Waals surface area contributed by atoms with Crippen LogP contribution in [0.5, 0.6) is 0 Å². The van der Waals surface area contributed by atoms with Crippen molar-refractivity contribution in [2.75, 3.05) is 20.4 Å². The van der Waals surface area contributed by atoms with E-state index in [1.165, 1.54) is 0 Å². The smallest absolute Gasteiger partial charge is 0.336 e. The second kappa shape index (κ2) is 5.20. The van der Waals surface area contributed by atoms with E-state index in [1.807, 2.05) is 0 Å². The van der Waals surface area contributed by atoms with Gasteiger partial charge in [-0.3, -0.25) is 11.3 Å². The Bertz CT molecular complexity index is 50.5. The van der Waals surface area contributed by atoms with Gasteiger partial charge in [0.2, 0.25) is 0 Å². The van der Waals surface area contributed by atoms with E-state index in [0.29, 0.717) is 6.17 Å². The zero-order valence-corrected chi connectivity index (χ0v) is 6.33. The minimum Gasteiger partial charge on any atom is -0.399 e. The Hall–Kier alpha value is 0.0569. The van der Waals surface area contributed by atoms with E-state index in [4.69, 9.17) is 14.7 Å². The third kappa shape index (κ3) is 3.11. The lowest BCUT2D eigenvalue weighted by atomic mass is 11.5. The first-order valence-corrected chi connectivity index (χ1v) is 4.10. The van der Waals surface area contributed by atoms with Crippen molar-refractivity contribution in [3.8, 4) is 0 Å². The summed E-state index contributed by atoms with van der Waals surface area (Å²) in [5.74, 6) is 5.01. The summed E-state index contributed by atoms with van der Waals surface area (Å²) < 4.78 is 9.83. The number of nitrogens with two attached hydrogens (primary N) is 1. The van der Waals surface area contributed by atoms with Crippen molar-refractivity contribution in [3.05, 3.63) is 0 Å². The van der Waals surface area contributed by atoms with E-state index < -0.39 is 9.28 Å². The maximum atomic E-state index is 5.01. The van der Waals surface area contributed by atoms with E-state index in [1.54, 1.807) is 14.2 Å². The molecule has 0 heterocycles. The lowest BCUT2D eigenvalue weighted by molar-refractivity contribution is 0.275. The fourth-order valence-electron chi connectivity index (χ4n) is 0.359. The molecule has 0 aliphatic rings. The molecule has 0 spiro atoms. The zero-order valence-electron chi connectivity index (χ0n) is 5.18. The van der Waals surface area contributed by atoms with Crippen LogP contribution < -0.4 is 11.3 Å². The third-order valence-corrected chi connectivity index (χ3v) is 2.43. The maximum Gasteiger partial charge on any atom is 0.336 e. The maximum absolute atomic E-state index is 5.01. The molecule has 0 amide bonds. The Morgan fingerprint density at radius 1 is 1.50 bits per heavy atom. The first-order valence-electron chi connectivity index (χ1n) is 2.34. The van der Waals surface area contributed by atoms with Crippen molar-refractivity contribution in [3.63, 3.8) is 0 Å². The lowest BCUT2D eigenvalue weighted by Gasteiger charge is -2.08. The molecule has 4 nitrogen and oxygen atoms in total. The Kier molecular flexibility index (Phi) is 5.24. The van der Waals surface area contributed by atoms with Crippen molar-refractivity contribution in [2.45, 2.75) is 0 Å². The van der Waals surface area contributed by atoms with Gasteiger partial charge in [0.05, 0.1) is 6.17 Å². The fraction of sp³-hybridized carbons (Fsp3) is 1.00.